The van der Waals surface area contributed by atoms with E-state index < -0.39 is 23.6 Å². The predicted molar refractivity (Wildman–Crippen MR) is 161 cm³/mol. The van der Waals surface area contributed by atoms with E-state index in [-0.39, 0.29) is 33.6 Å². The first-order valence-corrected chi connectivity index (χ1v) is 13.2. The Balaban J connectivity index is 1.20. The minimum Gasteiger partial charge on any atom is -0.399 e. The number of imide groups is 2. The first kappa shape index (κ1) is 25.0. The molecule has 5 aromatic carbocycles. The van der Waals surface area contributed by atoms with Gasteiger partial charge in [0, 0.05) is 11.4 Å². The number of rotatable bonds is 4. The Morgan fingerprint density at radius 2 is 0.738 bits per heavy atom. The van der Waals surface area contributed by atoms with E-state index in [0.717, 1.165) is 32.1 Å². The molecule has 0 spiro atoms. The maximum atomic E-state index is 13.5. The molecule has 4 N–H and O–H groups in total. The van der Waals surface area contributed by atoms with Crippen LogP contribution in [0.3, 0.4) is 0 Å². The Hall–Kier alpha value is -6.02. The van der Waals surface area contributed by atoms with Crippen molar-refractivity contribution in [2.75, 3.05) is 21.3 Å². The molecular formula is C34H22N4O4. The fourth-order valence-corrected chi connectivity index (χ4v) is 5.43. The van der Waals surface area contributed by atoms with Crippen LogP contribution < -0.4 is 21.3 Å². The van der Waals surface area contributed by atoms with Crippen LogP contribution in [0.25, 0.3) is 22.3 Å². The Morgan fingerprint density at radius 3 is 1.14 bits per heavy atom. The molecule has 0 radical (unpaired) electrons. The number of fused-ring (bicyclic) bond motifs is 2. The highest BCUT2D eigenvalue weighted by Crippen LogP contribution is 2.36. The van der Waals surface area contributed by atoms with Crippen LogP contribution in [0.4, 0.5) is 22.7 Å². The minimum atomic E-state index is -0.486. The summed E-state index contributed by atoms with van der Waals surface area (Å²) in [6, 6.07) is 31.0. The van der Waals surface area contributed by atoms with Gasteiger partial charge in [0.15, 0.2) is 0 Å². The molecule has 7 rings (SSSR count). The van der Waals surface area contributed by atoms with E-state index >= 15 is 0 Å². The van der Waals surface area contributed by atoms with E-state index in [1.807, 2.05) is 24.3 Å². The van der Waals surface area contributed by atoms with Gasteiger partial charge in [-0.1, -0.05) is 42.5 Å². The van der Waals surface area contributed by atoms with Gasteiger partial charge in [0.25, 0.3) is 23.6 Å². The van der Waals surface area contributed by atoms with Crippen LogP contribution in [-0.4, -0.2) is 23.6 Å². The molecule has 0 aromatic heterocycles. The van der Waals surface area contributed by atoms with E-state index in [1.54, 1.807) is 78.9 Å². The molecule has 2 aliphatic rings. The predicted octanol–water partition coefficient (Wildman–Crippen LogP) is 5.79. The molecule has 0 saturated carbocycles. The molecule has 2 heterocycles. The fourth-order valence-electron chi connectivity index (χ4n) is 5.43. The molecule has 0 aliphatic carbocycles. The van der Waals surface area contributed by atoms with E-state index in [4.69, 9.17) is 11.5 Å². The summed E-state index contributed by atoms with van der Waals surface area (Å²) >= 11 is 0. The number of carbonyl (C=O) groups is 4. The molecule has 0 fully saturated rings. The topological polar surface area (TPSA) is 127 Å². The number of nitrogens with two attached hydrogens (primary N) is 2. The van der Waals surface area contributed by atoms with Gasteiger partial charge < -0.3 is 11.5 Å². The van der Waals surface area contributed by atoms with Crippen molar-refractivity contribution in [3.05, 3.63) is 131 Å². The summed E-state index contributed by atoms with van der Waals surface area (Å²) in [4.78, 5) is 55.9. The molecule has 202 valence electrons. The Morgan fingerprint density at radius 1 is 0.381 bits per heavy atom. The summed E-state index contributed by atoms with van der Waals surface area (Å²) in [6.07, 6.45) is 0. The number of amides is 4. The van der Waals surface area contributed by atoms with Gasteiger partial charge in [-0.3, -0.25) is 19.2 Å². The van der Waals surface area contributed by atoms with Crippen LogP contribution in [0.2, 0.25) is 0 Å². The number of carbonyl (C=O) groups excluding carboxylic acids is 4. The quantitative estimate of drug-likeness (QED) is 0.216. The van der Waals surface area contributed by atoms with E-state index in [0.29, 0.717) is 11.4 Å². The fraction of sp³-hybridized carbons (Fsp3) is 0. The monoisotopic (exact) mass is 550 g/mol. The van der Waals surface area contributed by atoms with Crippen LogP contribution in [0.5, 0.6) is 0 Å². The summed E-state index contributed by atoms with van der Waals surface area (Å²) in [5.41, 5.74) is 17.7. The van der Waals surface area contributed by atoms with Gasteiger partial charge in [-0.25, -0.2) is 9.80 Å². The Bertz CT molecular complexity index is 1840. The third kappa shape index (κ3) is 3.85. The molecule has 0 atom stereocenters. The summed E-state index contributed by atoms with van der Waals surface area (Å²) in [6.45, 7) is 0. The van der Waals surface area contributed by atoms with Crippen LogP contribution >= 0.6 is 0 Å². The summed E-state index contributed by atoms with van der Waals surface area (Å²) in [5, 5.41) is 0. The van der Waals surface area contributed by atoms with E-state index in [9.17, 15) is 19.2 Å². The maximum Gasteiger partial charge on any atom is 0.266 e. The number of nitrogens with zero attached hydrogens (tertiary/aromatic N) is 2. The molecule has 0 unspecified atom stereocenters. The first-order chi connectivity index (χ1) is 20.3. The van der Waals surface area contributed by atoms with Gasteiger partial charge in [-0.05, 0) is 89.0 Å². The second-order valence-electron chi connectivity index (χ2n) is 10.2. The van der Waals surface area contributed by atoms with Crippen LogP contribution in [-0.2, 0) is 0 Å². The smallest absolute Gasteiger partial charge is 0.266 e. The third-order valence-corrected chi connectivity index (χ3v) is 7.61. The number of hydrogen-bond acceptors (Lipinski definition) is 6. The standard InChI is InChI=1S/C34H22N4O4/c35-23-10-4-19(5-11-23)21-8-14-27-29(16-21)33(41)37(31(27)39)25-2-1-3-26(18-25)38-32(40)28-15-9-22(17-30(28)34(38)42)20-6-12-24(36)13-7-20/h1-18H,35-36H2. The lowest BCUT2D eigenvalue weighted by Crippen LogP contribution is -2.31. The van der Waals surface area contributed by atoms with Gasteiger partial charge in [-0.2, -0.15) is 0 Å². The molecule has 8 heteroatoms. The van der Waals surface area contributed by atoms with Gasteiger partial charge in [0.1, 0.15) is 0 Å². The van der Waals surface area contributed by atoms with Crippen LogP contribution in [0.15, 0.2) is 109 Å². The maximum absolute atomic E-state index is 13.5. The first-order valence-electron chi connectivity index (χ1n) is 13.2. The average molecular weight is 551 g/mol. The highest BCUT2D eigenvalue weighted by molar-refractivity contribution is 6.36. The zero-order valence-corrected chi connectivity index (χ0v) is 22.1. The summed E-state index contributed by atoms with van der Waals surface area (Å²) in [5.74, 6) is -1.93. The summed E-state index contributed by atoms with van der Waals surface area (Å²) < 4.78 is 0. The Labute approximate surface area is 240 Å². The zero-order valence-electron chi connectivity index (χ0n) is 22.1. The molecule has 0 bridgehead atoms. The van der Waals surface area contributed by atoms with Crippen molar-refractivity contribution in [1.82, 2.24) is 0 Å². The number of nitrogen functional groups attached to an aromatic ring is 2. The second kappa shape index (κ2) is 9.28. The van der Waals surface area contributed by atoms with E-state index in [1.165, 1.54) is 6.07 Å². The van der Waals surface area contributed by atoms with E-state index in [2.05, 4.69) is 0 Å². The highest BCUT2D eigenvalue weighted by atomic mass is 16.2. The lowest BCUT2D eigenvalue weighted by Gasteiger charge is -2.18. The zero-order chi connectivity index (χ0) is 29.1. The van der Waals surface area contributed by atoms with Crippen molar-refractivity contribution in [2.45, 2.75) is 0 Å². The number of hydrogen-bond donors (Lipinski definition) is 2. The molecule has 42 heavy (non-hydrogen) atoms. The van der Waals surface area contributed by atoms with Gasteiger partial charge in [0.2, 0.25) is 0 Å². The van der Waals surface area contributed by atoms with Gasteiger partial charge >= 0.3 is 0 Å². The van der Waals surface area contributed by atoms with Crippen molar-refractivity contribution in [2.24, 2.45) is 0 Å². The molecular weight excluding hydrogens is 528 g/mol. The van der Waals surface area contributed by atoms with Crippen molar-refractivity contribution in [3.8, 4) is 22.3 Å². The van der Waals surface area contributed by atoms with Gasteiger partial charge in [-0.15, -0.1) is 0 Å². The molecule has 0 saturated heterocycles. The molecule has 8 nitrogen and oxygen atoms in total. The summed E-state index contributed by atoms with van der Waals surface area (Å²) in [7, 11) is 0. The van der Waals surface area contributed by atoms with Crippen molar-refractivity contribution >= 4 is 46.4 Å². The average Bonchev–Trinajstić information content (AvgIpc) is 3.41. The van der Waals surface area contributed by atoms with Crippen LogP contribution in [0, 0.1) is 0 Å². The normalized spacial score (nSPS) is 14.0. The van der Waals surface area contributed by atoms with Crippen molar-refractivity contribution < 1.29 is 19.2 Å². The lowest BCUT2D eigenvalue weighted by molar-refractivity contribution is 0.0912. The minimum absolute atomic E-state index is 0.256. The molecule has 2 aliphatic heterocycles. The van der Waals surface area contributed by atoms with Crippen LogP contribution in [0.1, 0.15) is 41.4 Å². The Kier molecular flexibility index (Phi) is 5.52. The molecule has 4 amide bonds. The van der Waals surface area contributed by atoms with Crippen molar-refractivity contribution in [3.63, 3.8) is 0 Å². The lowest BCUT2D eigenvalue weighted by atomic mass is 10.00. The third-order valence-electron chi connectivity index (χ3n) is 7.61. The number of anilines is 4. The van der Waals surface area contributed by atoms with Crippen molar-refractivity contribution in [1.29, 1.82) is 0 Å². The molecule has 5 aromatic rings. The highest BCUT2D eigenvalue weighted by Gasteiger charge is 2.39. The van der Waals surface area contributed by atoms with Gasteiger partial charge in [0.05, 0.1) is 33.6 Å². The number of benzene rings is 5. The largest absolute Gasteiger partial charge is 0.399 e. The SMILES string of the molecule is Nc1ccc(-c2ccc3c(c2)C(=O)N(c2cccc(N4C(=O)c5ccc(-c6ccc(N)cc6)cc5C4=O)c2)C3=O)cc1. The second-order valence-corrected chi connectivity index (χ2v) is 10.2.